The van der Waals surface area contributed by atoms with Crippen LogP contribution in [0.4, 0.5) is 0 Å². The average Bonchev–Trinajstić information content (AvgIpc) is 3.10. The molecule has 0 aliphatic carbocycles. The number of ether oxygens (including phenoxy) is 2. The standard InChI is InChI=1S/C16H16O4/c1-11(17)15-7-6-13(20-15)10-12-4-2-3-5-14(12)16-18-8-9-19-16/h2-7,16H,8-10H2,1H3. The third-order valence-corrected chi connectivity index (χ3v) is 3.30. The van der Waals surface area contributed by atoms with Gasteiger partial charge in [0.25, 0.3) is 0 Å². The lowest BCUT2D eigenvalue weighted by Gasteiger charge is -2.13. The Morgan fingerprint density at radius 2 is 1.90 bits per heavy atom. The summed E-state index contributed by atoms with van der Waals surface area (Å²) in [6.07, 6.45) is 0.320. The highest BCUT2D eigenvalue weighted by Gasteiger charge is 2.21. The maximum absolute atomic E-state index is 11.3. The van der Waals surface area contributed by atoms with Gasteiger partial charge in [-0.3, -0.25) is 4.79 Å². The highest BCUT2D eigenvalue weighted by molar-refractivity contribution is 5.91. The molecule has 104 valence electrons. The molecular weight excluding hydrogens is 256 g/mol. The summed E-state index contributed by atoms with van der Waals surface area (Å²) in [7, 11) is 0. The van der Waals surface area contributed by atoms with Crippen LogP contribution >= 0.6 is 0 Å². The van der Waals surface area contributed by atoms with E-state index in [1.807, 2.05) is 30.3 Å². The van der Waals surface area contributed by atoms with Gasteiger partial charge in [-0.1, -0.05) is 24.3 Å². The van der Waals surface area contributed by atoms with Gasteiger partial charge in [0.2, 0.25) is 0 Å². The molecule has 0 amide bonds. The van der Waals surface area contributed by atoms with E-state index < -0.39 is 0 Å². The Morgan fingerprint density at radius 1 is 1.15 bits per heavy atom. The summed E-state index contributed by atoms with van der Waals surface area (Å²) in [4.78, 5) is 11.3. The van der Waals surface area contributed by atoms with Crippen molar-refractivity contribution in [3.8, 4) is 0 Å². The number of furan rings is 1. The number of ketones is 1. The second-order valence-electron chi connectivity index (χ2n) is 4.77. The van der Waals surface area contributed by atoms with Crippen molar-refractivity contribution in [1.82, 2.24) is 0 Å². The van der Waals surface area contributed by atoms with E-state index in [9.17, 15) is 4.79 Å². The summed E-state index contributed by atoms with van der Waals surface area (Å²) in [6.45, 7) is 2.74. The van der Waals surface area contributed by atoms with Gasteiger partial charge >= 0.3 is 0 Å². The van der Waals surface area contributed by atoms with Crippen LogP contribution in [-0.2, 0) is 15.9 Å². The van der Waals surface area contributed by atoms with Crippen LogP contribution in [0.15, 0.2) is 40.8 Å². The van der Waals surface area contributed by atoms with Gasteiger partial charge in [0.15, 0.2) is 17.8 Å². The smallest absolute Gasteiger partial charge is 0.194 e. The number of carbonyl (C=O) groups excluding carboxylic acids is 1. The molecule has 4 nitrogen and oxygen atoms in total. The van der Waals surface area contributed by atoms with E-state index in [0.29, 0.717) is 25.4 Å². The summed E-state index contributed by atoms with van der Waals surface area (Å²) >= 11 is 0. The van der Waals surface area contributed by atoms with Crippen LogP contribution in [0.3, 0.4) is 0 Å². The van der Waals surface area contributed by atoms with Crippen molar-refractivity contribution in [3.63, 3.8) is 0 Å². The molecule has 1 aliphatic rings. The lowest BCUT2D eigenvalue weighted by Crippen LogP contribution is -2.03. The fraction of sp³-hybridized carbons (Fsp3) is 0.312. The molecule has 0 saturated carbocycles. The minimum atomic E-state index is -0.298. The average molecular weight is 272 g/mol. The molecule has 0 atom stereocenters. The molecule has 3 rings (SSSR count). The normalized spacial score (nSPS) is 15.7. The lowest BCUT2D eigenvalue weighted by molar-refractivity contribution is -0.0446. The molecule has 0 unspecified atom stereocenters. The van der Waals surface area contributed by atoms with Crippen LogP contribution in [-0.4, -0.2) is 19.0 Å². The highest BCUT2D eigenvalue weighted by Crippen LogP contribution is 2.28. The molecule has 1 saturated heterocycles. The molecule has 1 aromatic carbocycles. The molecular formula is C16H16O4. The van der Waals surface area contributed by atoms with E-state index in [4.69, 9.17) is 13.9 Å². The molecule has 2 heterocycles. The summed E-state index contributed by atoms with van der Waals surface area (Å²) in [5.41, 5.74) is 2.11. The fourth-order valence-corrected chi connectivity index (χ4v) is 2.31. The Labute approximate surface area is 117 Å². The first-order chi connectivity index (χ1) is 9.74. The van der Waals surface area contributed by atoms with Crippen molar-refractivity contribution in [2.45, 2.75) is 19.6 Å². The van der Waals surface area contributed by atoms with Crippen molar-refractivity contribution < 1.29 is 18.7 Å². The van der Waals surface area contributed by atoms with Gasteiger partial charge in [-0.15, -0.1) is 0 Å². The van der Waals surface area contributed by atoms with Crippen molar-refractivity contribution in [2.24, 2.45) is 0 Å². The number of Topliss-reactive ketones (excluding diaryl/α,β-unsaturated/α-hetero) is 1. The third-order valence-electron chi connectivity index (χ3n) is 3.30. The zero-order valence-corrected chi connectivity index (χ0v) is 11.3. The van der Waals surface area contributed by atoms with E-state index in [1.54, 1.807) is 6.07 Å². The van der Waals surface area contributed by atoms with E-state index in [0.717, 1.165) is 16.9 Å². The monoisotopic (exact) mass is 272 g/mol. The molecule has 0 bridgehead atoms. The van der Waals surface area contributed by atoms with Crippen LogP contribution in [0, 0.1) is 0 Å². The van der Waals surface area contributed by atoms with Crippen LogP contribution in [0.1, 0.15) is 40.7 Å². The quantitative estimate of drug-likeness (QED) is 0.802. The van der Waals surface area contributed by atoms with Crippen LogP contribution in [0.5, 0.6) is 0 Å². The van der Waals surface area contributed by atoms with Crippen LogP contribution in [0.25, 0.3) is 0 Å². The molecule has 2 aromatic rings. The minimum Gasteiger partial charge on any atom is -0.458 e. The third kappa shape index (κ3) is 2.66. The molecule has 1 aromatic heterocycles. The van der Waals surface area contributed by atoms with Crippen molar-refractivity contribution in [2.75, 3.05) is 13.2 Å². The van der Waals surface area contributed by atoms with Gasteiger partial charge in [0, 0.05) is 18.9 Å². The number of benzene rings is 1. The van der Waals surface area contributed by atoms with E-state index >= 15 is 0 Å². The summed E-state index contributed by atoms with van der Waals surface area (Å²) in [5, 5.41) is 0. The van der Waals surface area contributed by atoms with E-state index in [2.05, 4.69) is 0 Å². The summed E-state index contributed by atoms with van der Waals surface area (Å²) in [5.74, 6) is 1.10. The predicted octanol–water partition coefficient (Wildman–Crippen LogP) is 3.12. The molecule has 1 fully saturated rings. The molecule has 20 heavy (non-hydrogen) atoms. The van der Waals surface area contributed by atoms with Gasteiger partial charge in [0.1, 0.15) is 5.76 Å². The van der Waals surface area contributed by atoms with Gasteiger partial charge in [0.05, 0.1) is 13.2 Å². The predicted molar refractivity (Wildman–Crippen MR) is 72.6 cm³/mol. The van der Waals surface area contributed by atoms with Gasteiger partial charge < -0.3 is 13.9 Å². The van der Waals surface area contributed by atoms with Crippen LogP contribution in [0.2, 0.25) is 0 Å². The number of carbonyl (C=O) groups is 1. The maximum atomic E-state index is 11.3. The number of hydrogen-bond acceptors (Lipinski definition) is 4. The molecule has 0 radical (unpaired) electrons. The summed E-state index contributed by atoms with van der Waals surface area (Å²) in [6, 6.07) is 11.5. The van der Waals surface area contributed by atoms with E-state index in [-0.39, 0.29) is 12.1 Å². The molecule has 1 aliphatic heterocycles. The fourth-order valence-electron chi connectivity index (χ4n) is 2.31. The molecule has 0 spiro atoms. The van der Waals surface area contributed by atoms with Gasteiger partial charge in [-0.25, -0.2) is 0 Å². The van der Waals surface area contributed by atoms with Crippen molar-refractivity contribution in [3.05, 3.63) is 59.0 Å². The first kappa shape index (κ1) is 13.1. The number of hydrogen-bond donors (Lipinski definition) is 0. The second-order valence-corrected chi connectivity index (χ2v) is 4.77. The summed E-state index contributed by atoms with van der Waals surface area (Å²) < 4.78 is 16.6. The lowest BCUT2D eigenvalue weighted by atomic mass is 10.0. The first-order valence-electron chi connectivity index (χ1n) is 6.64. The maximum Gasteiger partial charge on any atom is 0.194 e. The second kappa shape index (κ2) is 5.61. The molecule has 4 heteroatoms. The SMILES string of the molecule is CC(=O)c1ccc(Cc2ccccc2C2OCCO2)o1. The van der Waals surface area contributed by atoms with E-state index in [1.165, 1.54) is 6.92 Å². The largest absolute Gasteiger partial charge is 0.458 e. The topological polar surface area (TPSA) is 48.7 Å². The Morgan fingerprint density at radius 3 is 2.60 bits per heavy atom. The first-order valence-corrected chi connectivity index (χ1v) is 6.64. The zero-order valence-electron chi connectivity index (χ0n) is 11.3. The zero-order chi connectivity index (χ0) is 13.9. The van der Waals surface area contributed by atoms with Crippen molar-refractivity contribution >= 4 is 5.78 Å². The highest BCUT2D eigenvalue weighted by atomic mass is 16.7. The van der Waals surface area contributed by atoms with Crippen LogP contribution < -0.4 is 0 Å². The number of rotatable bonds is 4. The Kier molecular flexibility index (Phi) is 3.67. The van der Waals surface area contributed by atoms with Gasteiger partial charge in [-0.05, 0) is 17.7 Å². The Hall–Kier alpha value is -1.91. The molecule has 0 N–H and O–H groups in total. The van der Waals surface area contributed by atoms with Crippen molar-refractivity contribution in [1.29, 1.82) is 0 Å². The Bertz CT molecular complexity index is 608. The Balaban J connectivity index is 1.84. The minimum absolute atomic E-state index is 0.0630. The van der Waals surface area contributed by atoms with Gasteiger partial charge in [-0.2, -0.15) is 0 Å².